The number of sulfonamides is 1. The molecular formula is C23H22N4O3S2. The van der Waals surface area contributed by atoms with Gasteiger partial charge in [-0.2, -0.15) is 4.31 Å². The van der Waals surface area contributed by atoms with Crippen LogP contribution in [0.4, 0.5) is 10.9 Å². The van der Waals surface area contributed by atoms with Gasteiger partial charge < -0.3 is 10.1 Å². The molecule has 1 unspecified atom stereocenters. The molecule has 5 rings (SSSR count). The van der Waals surface area contributed by atoms with E-state index >= 15 is 0 Å². The highest BCUT2D eigenvalue weighted by atomic mass is 32.2. The van der Waals surface area contributed by atoms with E-state index in [9.17, 15) is 8.42 Å². The Kier molecular flexibility index (Phi) is 5.64. The van der Waals surface area contributed by atoms with Crippen molar-refractivity contribution in [3.63, 3.8) is 0 Å². The fourth-order valence-electron chi connectivity index (χ4n) is 3.81. The number of anilines is 2. The van der Waals surface area contributed by atoms with Crippen LogP contribution in [0.1, 0.15) is 16.7 Å². The van der Waals surface area contributed by atoms with Crippen LogP contribution in [0.15, 0.2) is 71.8 Å². The monoisotopic (exact) mass is 466 g/mol. The molecule has 1 atom stereocenters. The molecule has 0 bridgehead atoms. The van der Waals surface area contributed by atoms with E-state index in [0.29, 0.717) is 29.6 Å². The highest BCUT2D eigenvalue weighted by Gasteiger charge is 2.33. The summed E-state index contributed by atoms with van der Waals surface area (Å²) < 4.78 is 34.4. The molecule has 2 aromatic heterocycles. The lowest BCUT2D eigenvalue weighted by Gasteiger charge is -2.32. The lowest BCUT2D eigenvalue weighted by Crippen LogP contribution is -2.42. The number of rotatable bonds is 5. The molecule has 1 aliphatic heterocycles. The Hall–Kier alpha value is -2.85. The molecule has 1 saturated heterocycles. The van der Waals surface area contributed by atoms with Gasteiger partial charge in [-0.05, 0) is 30.5 Å². The first-order chi connectivity index (χ1) is 15.5. The minimum atomic E-state index is -3.68. The Morgan fingerprint density at radius 1 is 1.09 bits per heavy atom. The average Bonchev–Trinajstić information content (AvgIpc) is 3.23. The second-order valence-corrected chi connectivity index (χ2v) is 10.7. The molecular weight excluding hydrogens is 444 g/mol. The first-order valence-corrected chi connectivity index (χ1v) is 12.5. The van der Waals surface area contributed by atoms with E-state index in [1.54, 1.807) is 29.7 Å². The number of nitrogens with zero attached hydrogens (tertiary/aromatic N) is 3. The van der Waals surface area contributed by atoms with Gasteiger partial charge in [0.2, 0.25) is 10.0 Å². The van der Waals surface area contributed by atoms with E-state index in [4.69, 9.17) is 4.74 Å². The van der Waals surface area contributed by atoms with E-state index in [-0.39, 0.29) is 6.54 Å². The summed E-state index contributed by atoms with van der Waals surface area (Å²) in [4.78, 5) is 10.4. The number of aromatic nitrogens is 2. The van der Waals surface area contributed by atoms with Crippen LogP contribution >= 0.6 is 11.3 Å². The Labute approximate surface area is 190 Å². The van der Waals surface area contributed by atoms with E-state index in [2.05, 4.69) is 15.3 Å². The second-order valence-electron chi connectivity index (χ2n) is 7.55. The number of nitrogens with one attached hydrogen (secondary N) is 1. The smallest absolute Gasteiger partial charge is 0.243 e. The Morgan fingerprint density at radius 2 is 1.91 bits per heavy atom. The van der Waals surface area contributed by atoms with Gasteiger partial charge in [0.05, 0.1) is 17.2 Å². The van der Waals surface area contributed by atoms with Gasteiger partial charge >= 0.3 is 0 Å². The lowest BCUT2D eigenvalue weighted by molar-refractivity contribution is -0.00483. The third-order valence-electron chi connectivity index (χ3n) is 5.35. The van der Waals surface area contributed by atoms with Crippen molar-refractivity contribution in [1.82, 2.24) is 14.3 Å². The zero-order valence-electron chi connectivity index (χ0n) is 17.4. The zero-order valence-corrected chi connectivity index (χ0v) is 19.1. The number of aryl methyl sites for hydroxylation is 1. The molecule has 4 aromatic rings. The maximum atomic E-state index is 13.5. The van der Waals surface area contributed by atoms with Gasteiger partial charge in [-0.15, -0.1) is 11.3 Å². The number of benzene rings is 2. The Morgan fingerprint density at radius 3 is 2.75 bits per heavy atom. The summed E-state index contributed by atoms with van der Waals surface area (Å²) in [6.07, 6.45) is 1.35. The Balaban J connectivity index is 1.40. The lowest BCUT2D eigenvalue weighted by atomic mass is 10.1. The molecule has 2 aromatic carbocycles. The van der Waals surface area contributed by atoms with Gasteiger partial charge in [0, 0.05) is 29.5 Å². The molecule has 9 heteroatoms. The van der Waals surface area contributed by atoms with Crippen molar-refractivity contribution >= 4 is 43.1 Å². The number of fused-ring (bicyclic) bond motifs is 1. The molecule has 32 heavy (non-hydrogen) atoms. The first kappa shape index (κ1) is 21.0. The van der Waals surface area contributed by atoms with Crippen molar-refractivity contribution in [3.8, 4) is 0 Å². The molecule has 7 nitrogen and oxygen atoms in total. The standard InChI is InChI=1S/C23H22N4O3S2/c1-16-14-24-23(31-16)26-22-11-5-9-19(25-22)20-15-27(12-13-30-20)32(28,29)21-10-4-7-17-6-2-3-8-18(17)21/h2-11,14,20H,12-13,15H2,1H3,(H,24,25,26). The van der Waals surface area contributed by atoms with Crippen LogP contribution in [-0.4, -0.2) is 42.4 Å². The van der Waals surface area contributed by atoms with Crippen molar-refractivity contribution in [1.29, 1.82) is 0 Å². The third-order valence-corrected chi connectivity index (χ3v) is 8.10. The van der Waals surface area contributed by atoms with Crippen LogP contribution in [0.25, 0.3) is 10.8 Å². The summed E-state index contributed by atoms with van der Waals surface area (Å²) in [6.45, 7) is 2.81. The summed E-state index contributed by atoms with van der Waals surface area (Å²) in [7, 11) is -3.68. The van der Waals surface area contributed by atoms with Crippen molar-refractivity contribution in [3.05, 3.63) is 77.4 Å². The van der Waals surface area contributed by atoms with Crippen LogP contribution in [0.2, 0.25) is 0 Å². The van der Waals surface area contributed by atoms with Crippen LogP contribution < -0.4 is 5.32 Å². The van der Waals surface area contributed by atoms with Gasteiger partial charge in [0.15, 0.2) is 5.13 Å². The minimum Gasteiger partial charge on any atom is -0.369 e. The summed E-state index contributed by atoms with van der Waals surface area (Å²) in [5.74, 6) is 0.648. The van der Waals surface area contributed by atoms with Gasteiger partial charge in [0.25, 0.3) is 0 Å². The number of pyridine rings is 1. The van der Waals surface area contributed by atoms with Gasteiger partial charge in [0.1, 0.15) is 11.9 Å². The van der Waals surface area contributed by atoms with Crippen molar-refractivity contribution < 1.29 is 13.2 Å². The highest BCUT2D eigenvalue weighted by molar-refractivity contribution is 7.89. The number of hydrogen-bond donors (Lipinski definition) is 1. The zero-order chi connectivity index (χ0) is 22.1. The predicted octanol–water partition coefficient (Wildman–Crippen LogP) is 4.51. The molecule has 1 aliphatic rings. The van der Waals surface area contributed by atoms with Gasteiger partial charge in [-0.3, -0.25) is 0 Å². The van der Waals surface area contributed by atoms with Crippen molar-refractivity contribution in [2.45, 2.75) is 17.9 Å². The molecule has 0 saturated carbocycles. The summed E-state index contributed by atoms with van der Waals surface area (Å²) in [5, 5.41) is 5.58. The van der Waals surface area contributed by atoms with Crippen LogP contribution in [-0.2, 0) is 14.8 Å². The molecule has 0 spiro atoms. The molecule has 3 heterocycles. The van der Waals surface area contributed by atoms with E-state index in [1.807, 2.05) is 55.5 Å². The number of morpholine rings is 1. The van der Waals surface area contributed by atoms with Crippen molar-refractivity contribution in [2.24, 2.45) is 0 Å². The largest absolute Gasteiger partial charge is 0.369 e. The molecule has 0 amide bonds. The molecule has 0 radical (unpaired) electrons. The molecule has 0 aliphatic carbocycles. The fraction of sp³-hybridized carbons (Fsp3) is 0.217. The van der Waals surface area contributed by atoms with Crippen LogP contribution in [0.3, 0.4) is 0 Å². The van der Waals surface area contributed by atoms with Crippen molar-refractivity contribution in [2.75, 3.05) is 25.0 Å². The highest BCUT2D eigenvalue weighted by Crippen LogP contribution is 2.30. The van der Waals surface area contributed by atoms with Crippen LogP contribution in [0, 0.1) is 6.92 Å². The van der Waals surface area contributed by atoms with E-state index in [1.165, 1.54) is 4.31 Å². The van der Waals surface area contributed by atoms with E-state index in [0.717, 1.165) is 20.8 Å². The topological polar surface area (TPSA) is 84.4 Å². The number of thiazole rings is 1. The average molecular weight is 467 g/mol. The van der Waals surface area contributed by atoms with Crippen LogP contribution in [0.5, 0.6) is 0 Å². The quantitative estimate of drug-likeness (QED) is 0.466. The summed E-state index contributed by atoms with van der Waals surface area (Å²) in [5.41, 5.74) is 0.682. The summed E-state index contributed by atoms with van der Waals surface area (Å²) in [6, 6.07) is 18.5. The molecule has 164 valence electrons. The van der Waals surface area contributed by atoms with Gasteiger partial charge in [-0.25, -0.2) is 18.4 Å². The van der Waals surface area contributed by atoms with E-state index < -0.39 is 16.1 Å². The fourth-order valence-corrected chi connectivity index (χ4v) is 6.12. The second kappa shape index (κ2) is 8.59. The molecule has 1 N–H and O–H groups in total. The maximum absolute atomic E-state index is 13.5. The predicted molar refractivity (Wildman–Crippen MR) is 126 cm³/mol. The third kappa shape index (κ3) is 4.12. The summed E-state index contributed by atoms with van der Waals surface area (Å²) >= 11 is 1.55. The Bertz CT molecular complexity index is 1370. The first-order valence-electron chi connectivity index (χ1n) is 10.3. The van der Waals surface area contributed by atoms with Gasteiger partial charge in [-0.1, -0.05) is 42.5 Å². The normalized spacial score (nSPS) is 17.5. The molecule has 1 fully saturated rings. The minimum absolute atomic E-state index is 0.207. The maximum Gasteiger partial charge on any atom is 0.243 e. The SMILES string of the molecule is Cc1cnc(Nc2cccc(C3CN(S(=O)(=O)c4cccc5ccccc45)CCO3)n2)s1. The number of ether oxygens (including phenoxy) is 1. The number of hydrogen-bond acceptors (Lipinski definition) is 7.